The molecule has 5 rings (SSSR count). The molecule has 2 aliphatic rings. The second kappa shape index (κ2) is 11.5. The first kappa shape index (κ1) is 26.2. The molecule has 3 N–H and O–H groups in total. The molecule has 0 aliphatic carbocycles. The lowest BCUT2D eigenvalue weighted by Crippen LogP contribution is -2.47. The first-order valence-electron chi connectivity index (χ1n) is 13.3. The molecule has 1 fully saturated rings. The molecule has 3 aromatic carbocycles. The van der Waals surface area contributed by atoms with Gasteiger partial charge in [0.25, 0.3) is 17.7 Å². The van der Waals surface area contributed by atoms with Gasteiger partial charge in [-0.2, -0.15) is 0 Å². The van der Waals surface area contributed by atoms with Crippen molar-refractivity contribution >= 4 is 40.4 Å². The third kappa shape index (κ3) is 5.71. The van der Waals surface area contributed by atoms with Gasteiger partial charge in [0.15, 0.2) is 0 Å². The first-order chi connectivity index (χ1) is 18.9. The number of carbonyl (C=O) groups excluding carboxylic acids is 3. The summed E-state index contributed by atoms with van der Waals surface area (Å²) >= 11 is 0. The van der Waals surface area contributed by atoms with Crippen LogP contribution in [0.15, 0.2) is 72.8 Å². The predicted molar refractivity (Wildman–Crippen MR) is 154 cm³/mol. The molecule has 2 heterocycles. The largest absolute Gasteiger partial charge is 0.354 e. The van der Waals surface area contributed by atoms with Gasteiger partial charge >= 0.3 is 0 Å². The third-order valence-electron chi connectivity index (χ3n) is 7.07. The van der Waals surface area contributed by atoms with E-state index in [4.69, 9.17) is 0 Å². The van der Waals surface area contributed by atoms with Crippen LogP contribution < -0.4 is 16.0 Å². The van der Waals surface area contributed by atoms with Crippen molar-refractivity contribution in [3.8, 4) is 0 Å². The lowest BCUT2D eigenvalue weighted by atomic mass is 9.98. The summed E-state index contributed by atoms with van der Waals surface area (Å²) in [5.41, 5.74) is 5.20. The van der Waals surface area contributed by atoms with Crippen molar-refractivity contribution in [3.05, 3.63) is 95.1 Å². The summed E-state index contributed by atoms with van der Waals surface area (Å²) in [6, 6.07) is 22.3. The van der Waals surface area contributed by atoms with Crippen LogP contribution in [0.3, 0.4) is 0 Å². The fourth-order valence-electron chi connectivity index (χ4n) is 4.82. The van der Waals surface area contributed by atoms with Gasteiger partial charge < -0.3 is 25.8 Å². The van der Waals surface area contributed by atoms with Crippen LogP contribution in [0.25, 0.3) is 11.3 Å². The number of hydrogen-bond donors (Lipinski definition) is 3. The van der Waals surface area contributed by atoms with Gasteiger partial charge in [0, 0.05) is 60.8 Å². The number of piperazine rings is 1. The number of rotatable bonds is 7. The van der Waals surface area contributed by atoms with Crippen LogP contribution in [0, 0.1) is 0 Å². The zero-order chi connectivity index (χ0) is 27.4. The molecule has 1 saturated heterocycles. The monoisotopic (exact) mass is 523 g/mol. The van der Waals surface area contributed by atoms with Crippen LogP contribution in [0.1, 0.15) is 45.2 Å². The Morgan fingerprint density at radius 3 is 2.26 bits per heavy atom. The van der Waals surface area contributed by atoms with Crippen LogP contribution in [0.2, 0.25) is 0 Å². The highest BCUT2D eigenvalue weighted by Crippen LogP contribution is 2.38. The van der Waals surface area contributed by atoms with Crippen molar-refractivity contribution in [2.75, 3.05) is 50.4 Å². The minimum Gasteiger partial charge on any atom is -0.354 e. The summed E-state index contributed by atoms with van der Waals surface area (Å²) < 4.78 is 0. The normalized spacial score (nSPS) is 16.4. The van der Waals surface area contributed by atoms with Crippen LogP contribution >= 0.6 is 0 Å². The van der Waals surface area contributed by atoms with Gasteiger partial charge in [0.1, 0.15) is 0 Å². The summed E-state index contributed by atoms with van der Waals surface area (Å²) in [6.45, 7) is 5.76. The van der Waals surface area contributed by atoms with E-state index in [0.717, 1.165) is 49.4 Å². The number of fused-ring (bicyclic) bond motifs is 1. The number of nitrogens with zero attached hydrogens (tertiary/aromatic N) is 2. The number of nitrogens with one attached hydrogen (secondary N) is 3. The van der Waals surface area contributed by atoms with E-state index in [1.807, 2.05) is 72.5 Å². The number of likely N-dealkylation sites (N-methyl/N-ethyl adjacent to an activating group) is 1. The fourth-order valence-corrected chi connectivity index (χ4v) is 4.82. The smallest absolute Gasteiger partial charge is 0.258 e. The topological polar surface area (TPSA) is 93.8 Å². The summed E-state index contributed by atoms with van der Waals surface area (Å²) in [7, 11) is 2.06. The lowest BCUT2D eigenvalue weighted by Gasteiger charge is -2.32. The summed E-state index contributed by atoms with van der Waals surface area (Å²) in [4.78, 5) is 42.8. The van der Waals surface area contributed by atoms with E-state index < -0.39 is 0 Å². The molecular formula is C31H33N5O3. The number of anilines is 2. The molecule has 0 bridgehead atoms. The van der Waals surface area contributed by atoms with Crippen molar-refractivity contribution in [2.45, 2.75) is 13.3 Å². The van der Waals surface area contributed by atoms with E-state index in [0.29, 0.717) is 34.6 Å². The minimum atomic E-state index is -0.246. The maximum atomic E-state index is 13.3. The van der Waals surface area contributed by atoms with Gasteiger partial charge in [-0.05, 0) is 55.4 Å². The number of hydrogen-bond acceptors (Lipinski definition) is 5. The Labute approximate surface area is 228 Å². The zero-order valence-corrected chi connectivity index (χ0v) is 22.3. The highest BCUT2D eigenvalue weighted by atomic mass is 16.2. The van der Waals surface area contributed by atoms with Crippen molar-refractivity contribution in [2.24, 2.45) is 0 Å². The molecule has 2 aliphatic heterocycles. The van der Waals surface area contributed by atoms with E-state index >= 15 is 0 Å². The van der Waals surface area contributed by atoms with Gasteiger partial charge in [-0.25, -0.2) is 0 Å². The van der Waals surface area contributed by atoms with E-state index in [-0.39, 0.29) is 17.7 Å². The highest BCUT2D eigenvalue weighted by Gasteiger charge is 2.29. The first-order valence-corrected chi connectivity index (χ1v) is 13.3. The molecule has 0 atom stereocenters. The Hall–Kier alpha value is -4.43. The van der Waals surface area contributed by atoms with E-state index in [9.17, 15) is 14.4 Å². The van der Waals surface area contributed by atoms with Crippen LogP contribution in [0.5, 0.6) is 0 Å². The summed E-state index contributed by atoms with van der Waals surface area (Å²) in [6.07, 6.45) is 0.845. The molecule has 3 aromatic rings. The molecule has 0 unspecified atom stereocenters. The Morgan fingerprint density at radius 2 is 1.56 bits per heavy atom. The van der Waals surface area contributed by atoms with Crippen molar-refractivity contribution in [1.29, 1.82) is 0 Å². The zero-order valence-electron chi connectivity index (χ0n) is 22.3. The molecule has 39 heavy (non-hydrogen) atoms. The SMILES string of the molecule is CCCNC(=O)c1ccc2c(c1)NC(=O)/C2=C(\Nc1ccc(C(=O)N2CCN(C)CC2)cc1)c1ccccc1. The Kier molecular flexibility index (Phi) is 7.74. The molecule has 0 aromatic heterocycles. The van der Waals surface area contributed by atoms with Crippen LogP contribution in [-0.4, -0.2) is 67.3 Å². The predicted octanol–water partition coefficient (Wildman–Crippen LogP) is 4.15. The minimum absolute atomic E-state index is 0.0270. The third-order valence-corrected chi connectivity index (χ3v) is 7.07. The molecular weight excluding hydrogens is 490 g/mol. The fraction of sp³-hybridized carbons (Fsp3) is 0.258. The van der Waals surface area contributed by atoms with E-state index in [1.54, 1.807) is 12.1 Å². The average Bonchev–Trinajstić information content (AvgIpc) is 3.30. The van der Waals surface area contributed by atoms with Crippen molar-refractivity contribution in [3.63, 3.8) is 0 Å². The second-order valence-corrected chi connectivity index (χ2v) is 9.88. The van der Waals surface area contributed by atoms with Crippen LogP contribution in [-0.2, 0) is 4.79 Å². The van der Waals surface area contributed by atoms with Gasteiger partial charge in [-0.15, -0.1) is 0 Å². The molecule has 3 amide bonds. The highest BCUT2D eigenvalue weighted by molar-refractivity contribution is 6.37. The molecule has 0 spiro atoms. The van der Waals surface area contributed by atoms with Crippen molar-refractivity contribution in [1.82, 2.24) is 15.1 Å². The Morgan fingerprint density at radius 1 is 0.872 bits per heavy atom. The van der Waals surface area contributed by atoms with Gasteiger partial charge in [0.2, 0.25) is 0 Å². The second-order valence-electron chi connectivity index (χ2n) is 9.88. The number of carbonyl (C=O) groups is 3. The molecule has 0 radical (unpaired) electrons. The Bertz CT molecular complexity index is 1410. The molecule has 200 valence electrons. The average molecular weight is 524 g/mol. The molecule has 0 saturated carbocycles. The number of amides is 3. The van der Waals surface area contributed by atoms with Crippen LogP contribution in [0.4, 0.5) is 11.4 Å². The van der Waals surface area contributed by atoms with Gasteiger partial charge in [-0.3, -0.25) is 14.4 Å². The lowest BCUT2D eigenvalue weighted by molar-refractivity contribution is -0.110. The van der Waals surface area contributed by atoms with Gasteiger partial charge in [0.05, 0.1) is 11.3 Å². The standard InChI is InChI=1S/C31H33N5O3/c1-3-15-32-29(37)23-11-14-25-26(20-23)34-30(38)27(25)28(21-7-5-4-6-8-21)33-24-12-9-22(10-13-24)31(39)36-18-16-35(2)17-19-36/h4-14,20,33H,3,15-19H2,1-2H3,(H,32,37)(H,34,38)/b28-27-. The summed E-state index contributed by atoms with van der Waals surface area (Å²) in [5.74, 6) is -0.387. The molecule has 8 heteroatoms. The maximum Gasteiger partial charge on any atom is 0.258 e. The van der Waals surface area contributed by atoms with E-state index in [1.165, 1.54) is 0 Å². The van der Waals surface area contributed by atoms with Gasteiger partial charge in [-0.1, -0.05) is 43.3 Å². The van der Waals surface area contributed by atoms with E-state index in [2.05, 4.69) is 27.9 Å². The Balaban J connectivity index is 1.45. The number of benzene rings is 3. The molecule has 8 nitrogen and oxygen atoms in total. The van der Waals surface area contributed by atoms with Crippen molar-refractivity contribution < 1.29 is 14.4 Å². The quantitative estimate of drug-likeness (QED) is 0.405. The maximum absolute atomic E-state index is 13.3. The summed E-state index contributed by atoms with van der Waals surface area (Å²) in [5, 5.41) is 9.23.